The lowest BCUT2D eigenvalue weighted by atomic mass is 9.65. The highest BCUT2D eigenvalue weighted by Crippen LogP contribution is 2.62. The molecule has 0 N–H and O–H groups in total. The first kappa shape index (κ1) is 14.0. The smallest absolute Gasteiger partial charge is 0.0195 e. The van der Waals surface area contributed by atoms with E-state index in [9.17, 15) is 0 Å². The minimum absolute atomic E-state index is 0.228. The molecule has 24 heavy (non-hydrogen) atoms. The van der Waals surface area contributed by atoms with Crippen molar-refractivity contribution in [2.24, 2.45) is 5.92 Å². The average Bonchev–Trinajstić information content (AvgIpc) is 3.45. The third-order valence-corrected chi connectivity index (χ3v) is 6.11. The molecule has 0 bridgehead atoms. The normalized spacial score (nSPS) is 25.4. The molecule has 5 rings (SSSR count). The van der Waals surface area contributed by atoms with Crippen LogP contribution in [0, 0.1) is 5.92 Å². The Hall–Kier alpha value is -2.34. The SMILES string of the molecule is c1ccc(C2c3ccccc3CC2(c2ccccc2)C2CC2)cc1. The van der Waals surface area contributed by atoms with Gasteiger partial charge in [0.25, 0.3) is 0 Å². The van der Waals surface area contributed by atoms with Gasteiger partial charge in [0.05, 0.1) is 0 Å². The Labute approximate surface area is 144 Å². The zero-order valence-electron chi connectivity index (χ0n) is 13.9. The molecule has 2 unspecified atom stereocenters. The van der Waals surface area contributed by atoms with Crippen LogP contribution >= 0.6 is 0 Å². The summed E-state index contributed by atoms with van der Waals surface area (Å²) in [4.78, 5) is 0. The summed E-state index contributed by atoms with van der Waals surface area (Å²) in [5, 5.41) is 0. The summed E-state index contributed by atoms with van der Waals surface area (Å²) in [6, 6.07) is 31.6. The number of rotatable bonds is 3. The van der Waals surface area contributed by atoms with Gasteiger partial charge in [0, 0.05) is 11.3 Å². The third-order valence-electron chi connectivity index (χ3n) is 6.11. The van der Waals surface area contributed by atoms with Gasteiger partial charge in [-0.05, 0) is 47.4 Å². The summed E-state index contributed by atoms with van der Waals surface area (Å²) in [5.41, 5.74) is 6.31. The van der Waals surface area contributed by atoms with Gasteiger partial charge in [0.15, 0.2) is 0 Å². The summed E-state index contributed by atoms with van der Waals surface area (Å²) in [7, 11) is 0. The first-order valence-electron chi connectivity index (χ1n) is 9.08. The van der Waals surface area contributed by atoms with Crippen molar-refractivity contribution in [1.29, 1.82) is 0 Å². The van der Waals surface area contributed by atoms with E-state index in [2.05, 4.69) is 84.9 Å². The molecule has 0 spiro atoms. The van der Waals surface area contributed by atoms with Gasteiger partial charge in [-0.1, -0.05) is 84.9 Å². The molecule has 2 aliphatic carbocycles. The molecular weight excluding hydrogens is 288 g/mol. The third kappa shape index (κ3) is 1.99. The van der Waals surface area contributed by atoms with Crippen LogP contribution in [0.4, 0.5) is 0 Å². The van der Waals surface area contributed by atoms with E-state index in [0.29, 0.717) is 5.92 Å². The first-order chi connectivity index (χ1) is 11.9. The van der Waals surface area contributed by atoms with Crippen molar-refractivity contribution >= 4 is 0 Å². The zero-order valence-corrected chi connectivity index (χ0v) is 13.9. The molecule has 0 saturated heterocycles. The van der Waals surface area contributed by atoms with Crippen molar-refractivity contribution in [3.63, 3.8) is 0 Å². The van der Waals surface area contributed by atoms with E-state index in [0.717, 1.165) is 5.92 Å². The van der Waals surface area contributed by atoms with Crippen LogP contribution in [0.1, 0.15) is 41.0 Å². The van der Waals surface area contributed by atoms with Crippen molar-refractivity contribution in [2.75, 3.05) is 0 Å². The molecule has 0 heteroatoms. The number of hydrogen-bond donors (Lipinski definition) is 0. The maximum atomic E-state index is 2.36. The molecule has 0 aliphatic heterocycles. The minimum Gasteiger partial charge on any atom is -0.0622 e. The average molecular weight is 310 g/mol. The highest BCUT2D eigenvalue weighted by Gasteiger charge is 2.55. The fourth-order valence-corrected chi connectivity index (χ4v) is 5.03. The van der Waals surface area contributed by atoms with Gasteiger partial charge in [-0.25, -0.2) is 0 Å². The van der Waals surface area contributed by atoms with Gasteiger partial charge in [-0.2, -0.15) is 0 Å². The van der Waals surface area contributed by atoms with Crippen molar-refractivity contribution in [2.45, 2.75) is 30.6 Å². The molecule has 118 valence electrons. The summed E-state index contributed by atoms with van der Waals surface area (Å²) in [5.74, 6) is 1.28. The molecule has 0 aromatic heterocycles. The minimum atomic E-state index is 0.228. The van der Waals surface area contributed by atoms with E-state index >= 15 is 0 Å². The summed E-state index contributed by atoms with van der Waals surface area (Å²) >= 11 is 0. The molecule has 0 nitrogen and oxygen atoms in total. The van der Waals surface area contributed by atoms with Gasteiger partial charge in [0.2, 0.25) is 0 Å². The summed E-state index contributed by atoms with van der Waals surface area (Å²) in [6.45, 7) is 0. The Balaban J connectivity index is 1.77. The lowest BCUT2D eigenvalue weighted by Crippen LogP contribution is -2.34. The van der Waals surface area contributed by atoms with Gasteiger partial charge >= 0.3 is 0 Å². The Morgan fingerprint density at radius 1 is 0.667 bits per heavy atom. The van der Waals surface area contributed by atoms with E-state index in [1.54, 1.807) is 11.1 Å². The molecule has 3 aromatic rings. The van der Waals surface area contributed by atoms with Crippen LogP contribution in [0.2, 0.25) is 0 Å². The molecule has 0 amide bonds. The van der Waals surface area contributed by atoms with Gasteiger partial charge in [-0.3, -0.25) is 0 Å². The number of fused-ring (bicyclic) bond motifs is 1. The largest absolute Gasteiger partial charge is 0.0622 e. The second kappa shape index (κ2) is 5.34. The van der Waals surface area contributed by atoms with Crippen LogP contribution in [0.15, 0.2) is 84.9 Å². The predicted octanol–water partition coefficient (Wildman–Crippen LogP) is 5.72. The van der Waals surface area contributed by atoms with Gasteiger partial charge in [0.1, 0.15) is 0 Å². The van der Waals surface area contributed by atoms with Crippen molar-refractivity contribution in [3.05, 3.63) is 107 Å². The molecule has 1 saturated carbocycles. The van der Waals surface area contributed by atoms with Gasteiger partial charge in [-0.15, -0.1) is 0 Å². The van der Waals surface area contributed by atoms with Crippen molar-refractivity contribution < 1.29 is 0 Å². The van der Waals surface area contributed by atoms with E-state index in [1.807, 2.05) is 0 Å². The van der Waals surface area contributed by atoms with E-state index in [1.165, 1.54) is 30.4 Å². The predicted molar refractivity (Wildman–Crippen MR) is 99.3 cm³/mol. The zero-order chi connectivity index (χ0) is 16.0. The summed E-state index contributed by atoms with van der Waals surface area (Å²) < 4.78 is 0. The van der Waals surface area contributed by atoms with E-state index < -0.39 is 0 Å². The maximum Gasteiger partial charge on any atom is 0.0195 e. The molecule has 3 aromatic carbocycles. The Kier molecular flexibility index (Phi) is 3.13. The van der Waals surface area contributed by atoms with Crippen LogP contribution in [-0.2, 0) is 11.8 Å². The van der Waals surface area contributed by atoms with Crippen LogP contribution in [0.5, 0.6) is 0 Å². The quantitative estimate of drug-likeness (QED) is 0.580. The van der Waals surface area contributed by atoms with E-state index in [4.69, 9.17) is 0 Å². The second-order valence-corrected chi connectivity index (χ2v) is 7.40. The number of benzene rings is 3. The molecule has 2 atom stereocenters. The molecule has 0 heterocycles. The van der Waals surface area contributed by atoms with E-state index in [-0.39, 0.29) is 5.41 Å². The fraction of sp³-hybridized carbons (Fsp3) is 0.250. The topological polar surface area (TPSA) is 0 Å². The highest BCUT2D eigenvalue weighted by molar-refractivity contribution is 5.53. The van der Waals surface area contributed by atoms with Gasteiger partial charge < -0.3 is 0 Å². The molecule has 1 fully saturated rings. The van der Waals surface area contributed by atoms with Crippen LogP contribution in [0.25, 0.3) is 0 Å². The van der Waals surface area contributed by atoms with Crippen molar-refractivity contribution in [3.8, 4) is 0 Å². The Morgan fingerprint density at radius 3 is 2.00 bits per heavy atom. The number of hydrogen-bond acceptors (Lipinski definition) is 0. The lowest BCUT2D eigenvalue weighted by Gasteiger charge is -2.37. The van der Waals surface area contributed by atoms with Crippen LogP contribution in [0.3, 0.4) is 0 Å². The van der Waals surface area contributed by atoms with Crippen molar-refractivity contribution in [1.82, 2.24) is 0 Å². The second-order valence-electron chi connectivity index (χ2n) is 7.40. The monoisotopic (exact) mass is 310 g/mol. The molecule has 0 radical (unpaired) electrons. The molecule has 2 aliphatic rings. The fourth-order valence-electron chi connectivity index (χ4n) is 5.03. The maximum absolute atomic E-state index is 2.36. The highest BCUT2D eigenvalue weighted by atomic mass is 14.6. The molecular formula is C24H22. The lowest BCUT2D eigenvalue weighted by molar-refractivity contribution is 0.350. The van der Waals surface area contributed by atoms with Crippen LogP contribution < -0.4 is 0 Å². The standard InChI is InChI=1S/C24H22/c1-3-9-18(10-4-1)23-22-14-8-7-11-19(22)17-24(23,21-15-16-21)20-12-5-2-6-13-20/h1-14,21,23H,15-17H2. The Morgan fingerprint density at radius 2 is 1.29 bits per heavy atom. The Bertz CT molecular complexity index is 845. The summed E-state index contributed by atoms with van der Waals surface area (Å²) in [6.07, 6.45) is 3.91. The van der Waals surface area contributed by atoms with Crippen LogP contribution in [-0.4, -0.2) is 0 Å². The first-order valence-corrected chi connectivity index (χ1v) is 9.08.